The zero-order chi connectivity index (χ0) is 11.7. The summed E-state index contributed by atoms with van der Waals surface area (Å²) in [6.07, 6.45) is 2.10. The lowest BCUT2D eigenvalue weighted by atomic mass is 10.1. The van der Waals surface area contributed by atoms with E-state index in [-0.39, 0.29) is 5.60 Å². The number of hydrogen-bond acceptors (Lipinski definition) is 3. The van der Waals surface area contributed by atoms with Crippen molar-refractivity contribution in [2.75, 3.05) is 26.9 Å². The first-order valence-corrected chi connectivity index (χ1v) is 5.88. The van der Waals surface area contributed by atoms with E-state index in [4.69, 9.17) is 9.47 Å². The second-order valence-corrected chi connectivity index (χ2v) is 4.59. The van der Waals surface area contributed by atoms with Gasteiger partial charge in [0.25, 0.3) is 0 Å². The fourth-order valence-electron chi connectivity index (χ4n) is 1.04. The molecule has 0 saturated carbocycles. The van der Waals surface area contributed by atoms with E-state index in [9.17, 15) is 0 Å². The molecule has 1 atom stereocenters. The third-order valence-electron chi connectivity index (χ3n) is 2.75. The minimum atomic E-state index is -0.0653. The van der Waals surface area contributed by atoms with Crippen molar-refractivity contribution in [1.82, 2.24) is 5.32 Å². The Morgan fingerprint density at radius 2 is 1.93 bits per heavy atom. The maximum atomic E-state index is 5.52. The molecule has 3 nitrogen and oxygen atoms in total. The molecule has 0 spiro atoms. The normalized spacial score (nSPS) is 14.2. The Labute approximate surface area is 94.5 Å². The predicted molar refractivity (Wildman–Crippen MR) is 64.3 cm³/mol. The van der Waals surface area contributed by atoms with Crippen LogP contribution < -0.4 is 5.32 Å². The van der Waals surface area contributed by atoms with Crippen molar-refractivity contribution < 1.29 is 9.47 Å². The molecule has 0 amide bonds. The van der Waals surface area contributed by atoms with Crippen molar-refractivity contribution in [2.45, 2.75) is 52.2 Å². The summed E-state index contributed by atoms with van der Waals surface area (Å²) in [5.74, 6) is 0. The van der Waals surface area contributed by atoms with Gasteiger partial charge in [0, 0.05) is 26.3 Å². The average molecular weight is 217 g/mol. The molecule has 0 aromatic carbocycles. The van der Waals surface area contributed by atoms with Crippen LogP contribution >= 0.6 is 0 Å². The van der Waals surface area contributed by atoms with Gasteiger partial charge >= 0.3 is 0 Å². The smallest absolute Gasteiger partial charge is 0.0644 e. The van der Waals surface area contributed by atoms with Crippen LogP contribution in [0.1, 0.15) is 40.5 Å². The maximum Gasteiger partial charge on any atom is 0.0644 e. The molecule has 0 heterocycles. The highest BCUT2D eigenvalue weighted by Gasteiger charge is 2.15. The monoisotopic (exact) mass is 217 g/mol. The molecule has 0 aliphatic rings. The number of ether oxygens (including phenoxy) is 2. The molecule has 1 N–H and O–H groups in total. The Morgan fingerprint density at radius 3 is 2.47 bits per heavy atom. The Hall–Kier alpha value is -0.120. The van der Waals surface area contributed by atoms with Crippen molar-refractivity contribution in [3.63, 3.8) is 0 Å². The van der Waals surface area contributed by atoms with E-state index in [1.54, 1.807) is 7.11 Å². The van der Waals surface area contributed by atoms with Gasteiger partial charge in [0.2, 0.25) is 0 Å². The van der Waals surface area contributed by atoms with Gasteiger partial charge in [-0.05, 0) is 33.6 Å². The van der Waals surface area contributed by atoms with E-state index in [1.807, 2.05) is 0 Å². The van der Waals surface area contributed by atoms with Crippen LogP contribution in [0.25, 0.3) is 0 Å². The zero-order valence-corrected chi connectivity index (χ0v) is 10.9. The van der Waals surface area contributed by atoms with E-state index >= 15 is 0 Å². The highest BCUT2D eigenvalue weighted by atomic mass is 16.5. The molecule has 0 aliphatic heterocycles. The molecule has 0 bridgehead atoms. The van der Waals surface area contributed by atoms with Gasteiger partial charge < -0.3 is 14.8 Å². The van der Waals surface area contributed by atoms with Crippen molar-refractivity contribution in [3.05, 3.63) is 0 Å². The lowest BCUT2D eigenvalue weighted by molar-refractivity contribution is -0.00948. The highest BCUT2D eigenvalue weighted by molar-refractivity contribution is 4.66. The van der Waals surface area contributed by atoms with E-state index in [0.29, 0.717) is 6.04 Å². The summed E-state index contributed by atoms with van der Waals surface area (Å²) in [5, 5.41) is 3.39. The van der Waals surface area contributed by atoms with Crippen LogP contribution in [0, 0.1) is 0 Å². The van der Waals surface area contributed by atoms with Crippen LogP contribution in [-0.2, 0) is 9.47 Å². The maximum absolute atomic E-state index is 5.52. The molecule has 0 saturated heterocycles. The minimum absolute atomic E-state index is 0.0653. The summed E-state index contributed by atoms with van der Waals surface area (Å²) in [6.45, 7) is 11.0. The fourth-order valence-corrected chi connectivity index (χ4v) is 1.04. The molecule has 1 unspecified atom stereocenters. The van der Waals surface area contributed by atoms with Crippen molar-refractivity contribution in [3.8, 4) is 0 Å². The second-order valence-electron chi connectivity index (χ2n) is 4.59. The number of hydrogen-bond donors (Lipinski definition) is 1. The standard InChI is InChI=1S/C12H27NO2/c1-6-11(2)13-8-10-15-9-7-12(3,4)14-5/h11,13H,6-10H2,1-5H3. The van der Waals surface area contributed by atoms with Gasteiger partial charge in [0.15, 0.2) is 0 Å². The molecular weight excluding hydrogens is 190 g/mol. The molecule has 0 aliphatic carbocycles. The number of methoxy groups -OCH3 is 1. The van der Waals surface area contributed by atoms with Crippen LogP contribution in [0.4, 0.5) is 0 Å². The Balaban J connectivity index is 3.25. The summed E-state index contributed by atoms with van der Waals surface area (Å²) in [5.41, 5.74) is -0.0653. The summed E-state index contributed by atoms with van der Waals surface area (Å²) in [4.78, 5) is 0. The first-order valence-electron chi connectivity index (χ1n) is 5.88. The van der Waals surface area contributed by atoms with Crippen LogP contribution in [0.2, 0.25) is 0 Å². The lowest BCUT2D eigenvalue weighted by Gasteiger charge is -2.22. The fraction of sp³-hybridized carbons (Fsp3) is 1.00. The van der Waals surface area contributed by atoms with Gasteiger partial charge in [-0.25, -0.2) is 0 Å². The van der Waals surface area contributed by atoms with Crippen LogP contribution in [-0.4, -0.2) is 38.5 Å². The highest BCUT2D eigenvalue weighted by Crippen LogP contribution is 2.12. The molecular formula is C12H27NO2. The summed E-state index contributed by atoms with van der Waals surface area (Å²) in [7, 11) is 1.74. The van der Waals surface area contributed by atoms with Crippen molar-refractivity contribution >= 4 is 0 Å². The Bertz CT molecular complexity index is 149. The summed E-state index contributed by atoms with van der Waals surface area (Å²) in [6, 6.07) is 0.587. The van der Waals surface area contributed by atoms with Gasteiger partial charge in [0.05, 0.1) is 12.2 Å². The first kappa shape index (κ1) is 14.9. The lowest BCUT2D eigenvalue weighted by Crippen LogP contribution is -2.29. The molecule has 0 aromatic heterocycles. The largest absolute Gasteiger partial charge is 0.380 e. The van der Waals surface area contributed by atoms with Crippen molar-refractivity contribution in [1.29, 1.82) is 0 Å². The molecule has 15 heavy (non-hydrogen) atoms. The van der Waals surface area contributed by atoms with Gasteiger partial charge in [-0.2, -0.15) is 0 Å². The molecule has 0 radical (unpaired) electrons. The Kier molecular flexibility index (Phi) is 8.02. The van der Waals surface area contributed by atoms with Crippen LogP contribution in [0.15, 0.2) is 0 Å². The minimum Gasteiger partial charge on any atom is -0.380 e. The first-order chi connectivity index (χ1) is 7.02. The van der Waals surface area contributed by atoms with Crippen molar-refractivity contribution in [2.24, 2.45) is 0 Å². The van der Waals surface area contributed by atoms with E-state index in [0.717, 1.165) is 32.6 Å². The van der Waals surface area contributed by atoms with Crippen LogP contribution in [0.3, 0.4) is 0 Å². The molecule has 3 heteroatoms. The van der Waals surface area contributed by atoms with E-state index in [1.165, 1.54) is 0 Å². The number of nitrogens with one attached hydrogen (secondary N) is 1. The molecule has 92 valence electrons. The molecule has 0 rings (SSSR count). The zero-order valence-electron chi connectivity index (χ0n) is 10.9. The summed E-state index contributed by atoms with van der Waals surface area (Å²) < 4.78 is 10.8. The topological polar surface area (TPSA) is 30.5 Å². The van der Waals surface area contributed by atoms with Gasteiger partial charge in [-0.15, -0.1) is 0 Å². The SMILES string of the molecule is CCC(C)NCCOCCC(C)(C)OC. The van der Waals surface area contributed by atoms with E-state index in [2.05, 4.69) is 33.0 Å². The van der Waals surface area contributed by atoms with Gasteiger partial charge in [-0.1, -0.05) is 6.92 Å². The van der Waals surface area contributed by atoms with E-state index < -0.39 is 0 Å². The predicted octanol–water partition coefficient (Wildman–Crippen LogP) is 2.21. The molecule has 0 aromatic rings. The third-order valence-corrected chi connectivity index (χ3v) is 2.75. The quantitative estimate of drug-likeness (QED) is 0.601. The number of rotatable bonds is 9. The van der Waals surface area contributed by atoms with Gasteiger partial charge in [-0.3, -0.25) is 0 Å². The summed E-state index contributed by atoms with van der Waals surface area (Å²) >= 11 is 0. The van der Waals surface area contributed by atoms with Gasteiger partial charge in [0.1, 0.15) is 0 Å². The Morgan fingerprint density at radius 1 is 1.27 bits per heavy atom. The average Bonchev–Trinajstić information content (AvgIpc) is 2.22. The van der Waals surface area contributed by atoms with Crippen LogP contribution in [0.5, 0.6) is 0 Å². The molecule has 0 fully saturated rings. The second kappa shape index (κ2) is 8.08. The third kappa shape index (κ3) is 8.85.